The van der Waals surface area contributed by atoms with Crippen molar-refractivity contribution in [3.8, 4) is 5.75 Å². The zero-order chi connectivity index (χ0) is 18.8. The van der Waals surface area contributed by atoms with E-state index < -0.39 is 7.26 Å². The van der Waals surface area contributed by atoms with Crippen molar-refractivity contribution in [3.05, 3.63) is 23.3 Å². The summed E-state index contributed by atoms with van der Waals surface area (Å²) in [7, 11) is 0.467. The Balaban J connectivity index is 0.00000261. The summed E-state index contributed by atoms with van der Waals surface area (Å²) < 4.78 is 5.37. The van der Waals surface area contributed by atoms with Crippen LogP contribution in [0.1, 0.15) is 63.0 Å². The van der Waals surface area contributed by atoms with Gasteiger partial charge in [-0.2, -0.15) is 0 Å². The number of benzene rings is 1. The van der Waals surface area contributed by atoms with Gasteiger partial charge < -0.3 is 10.1 Å². The number of hydrogen-bond acceptors (Lipinski definition) is 2. The first-order chi connectivity index (χ1) is 12.5. The van der Waals surface area contributed by atoms with Crippen LogP contribution in [0, 0.1) is 13.8 Å². The summed E-state index contributed by atoms with van der Waals surface area (Å²) in [6.45, 7) is 6.49. The fraction of sp³-hybridized carbons (Fsp3) is 0.682. The van der Waals surface area contributed by atoms with Crippen LogP contribution in [0.2, 0.25) is 0 Å². The number of ether oxygens (including phenoxy) is 1. The molecule has 2 aliphatic rings. The molecule has 1 aliphatic heterocycles. The number of carbonyl (C=O) groups excluding carboxylic acids is 1. The van der Waals surface area contributed by atoms with Crippen LogP contribution in [-0.2, 0) is 37.5 Å². The third kappa shape index (κ3) is 4.31. The maximum Gasteiger partial charge on any atom is 0.268 e. The Morgan fingerprint density at radius 2 is 1.63 bits per heavy atom. The Labute approximate surface area is 191 Å². The summed E-state index contributed by atoms with van der Waals surface area (Å²) >= 11 is 0. The summed E-state index contributed by atoms with van der Waals surface area (Å²) in [6.07, 6.45) is 12.7. The van der Waals surface area contributed by atoms with Crippen LogP contribution in [0.4, 0.5) is 5.69 Å². The van der Waals surface area contributed by atoms with Crippen LogP contribution < -0.4 is 10.1 Å². The summed E-state index contributed by atoms with van der Waals surface area (Å²) in [5, 5.41) is 3.33. The number of aryl methyl sites for hydroxylation is 2. The fourth-order valence-electron chi connectivity index (χ4n) is 5.24. The van der Waals surface area contributed by atoms with Crippen molar-refractivity contribution in [2.45, 2.75) is 70.9 Å². The summed E-state index contributed by atoms with van der Waals surface area (Å²) in [5.41, 5.74) is 3.18. The zero-order valence-corrected chi connectivity index (χ0v) is 21.3. The molecule has 5 heteroatoms. The molecule has 2 fully saturated rings. The number of amides is 1. The van der Waals surface area contributed by atoms with Gasteiger partial charge in [-0.1, -0.05) is 0 Å². The van der Waals surface area contributed by atoms with Crippen molar-refractivity contribution in [2.75, 3.05) is 30.9 Å². The molecule has 3 nitrogen and oxygen atoms in total. The van der Waals surface area contributed by atoms with Gasteiger partial charge in [-0.25, -0.2) is 0 Å². The minimum absolute atomic E-state index is 0. The quantitative estimate of drug-likeness (QED) is 0.560. The van der Waals surface area contributed by atoms with Gasteiger partial charge in [0.15, 0.2) is 5.16 Å². The summed E-state index contributed by atoms with van der Waals surface area (Å²) in [5.74, 6) is 1.18. The molecule has 1 aliphatic carbocycles. The molecule has 1 saturated carbocycles. The number of methoxy groups -OCH3 is 1. The SMILES string of the molecule is CC[P+]1(C2(C(=O)Nc3c(C)cc(OC)cc3C)CCC2)CCCCCC1.[Y]. The monoisotopic (exact) mass is 465 g/mol. The predicted octanol–water partition coefficient (Wildman–Crippen LogP) is 5.78. The van der Waals surface area contributed by atoms with E-state index in [0.717, 1.165) is 35.4 Å². The first kappa shape index (κ1) is 23.3. The minimum atomic E-state index is -1.23. The second kappa shape index (κ2) is 9.68. The number of hydrogen-bond donors (Lipinski definition) is 1. The zero-order valence-electron chi connectivity index (χ0n) is 17.6. The van der Waals surface area contributed by atoms with Crippen LogP contribution in [-0.4, -0.2) is 36.7 Å². The topological polar surface area (TPSA) is 38.3 Å². The Morgan fingerprint density at radius 1 is 1.07 bits per heavy atom. The molecule has 0 bridgehead atoms. The van der Waals surface area contributed by atoms with Crippen molar-refractivity contribution < 1.29 is 42.2 Å². The summed E-state index contributed by atoms with van der Waals surface area (Å²) in [6, 6.07) is 4.04. The van der Waals surface area contributed by atoms with Gasteiger partial charge in [0.2, 0.25) is 0 Å². The number of anilines is 1. The van der Waals surface area contributed by atoms with Crippen molar-refractivity contribution in [2.24, 2.45) is 0 Å². The van der Waals surface area contributed by atoms with E-state index in [1.807, 2.05) is 12.1 Å². The molecule has 1 aromatic carbocycles. The Hall–Kier alpha value is 0.0239. The van der Waals surface area contributed by atoms with E-state index in [-0.39, 0.29) is 37.9 Å². The molecule has 0 atom stereocenters. The van der Waals surface area contributed by atoms with E-state index >= 15 is 0 Å². The molecule has 1 amide bonds. The van der Waals surface area contributed by atoms with Crippen molar-refractivity contribution in [1.82, 2.24) is 0 Å². The third-order valence-corrected chi connectivity index (χ3v) is 13.0. The summed E-state index contributed by atoms with van der Waals surface area (Å²) in [4.78, 5) is 13.6. The molecule has 1 saturated heterocycles. The van der Waals surface area contributed by atoms with E-state index in [1.54, 1.807) is 7.11 Å². The average molecular weight is 465 g/mol. The molecule has 0 aromatic heterocycles. The van der Waals surface area contributed by atoms with Crippen LogP contribution in [0.3, 0.4) is 0 Å². The molecule has 147 valence electrons. The predicted molar refractivity (Wildman–Crippen MR) is 113 cm³/mol. The van der Waals surface area contributed by atoms with Crippen LogP contribution in [0.5, 0.6) is 5.75 Å². The first-order valence-corrected chi connectivity index (χ1v) is 12.7. The molecule has 0 spiro atoms. The Morgan fingerprint density at radius 3 is 2.04 bits per heavy atom. The fourth-order valence-corrected chi connectivity index (χ4v) is 11.0. The smallest absolute Gasteiger partial charge is 0.268 e. The van der Waals surface area contributed by atoms with Crippen LogP contribution in [0.15, 0.2) is 12.1 Å². The average Bonchev–Trinajstić information content (AvgIpc) is 2.83. The third-order valence-electron chi connectivity index (χ3n) is 7.02. The Bertz CT molecular complexity index is 641. The van der Waals surface area contributed by atoms with Crippen molar-refractivity contribution >= 4 is 18.9 Å². The van der Waals surface area contributed by atoms with Gasteiger partial charge in [-0.05, 0) is 89.0 Å². The minimum Gasteiger partial charge on any atom is -0.497 e. The van der Waals surface area contributed by atoms with E-state index in [2.05, 4.69) is 26.1 Å². The van der Waals surface area contributed by atoms with Crippen molar-refractivity contribution in [1.29, 1.82) is 0 Å². The Kier molecular flexibility index (Phi) is 8.36. The van der Waals surface area contributed by atoms with Gasteiger partial charge in [0.1, 0.15) is 5.75 Å². The second-order valence-electron chi connectivity index (χ2n) is 8.30. The van der Waals surface area contributed by atoms with Gasteiger partial charge >= 0.3 is 0 Å². The number of carbonyl (C=O) groups is 1. The van der Waals surface area contributed by atoms with Gasteiger partial charge in [-0.3, -0.25) is 4.79 Å². The van der Waals surface area contributed by atoms with Crippen molar-refractivity contribution in [3.63, 3.8) is 0 Å². The second-order valence-corrected chi connectivity index (χ2v) is 13.0. The van der Waals surface area contributed by atoms with Gasteiger partial charge in [0, 0.05) is 45.7 Å². The van der Waals surface area contributed by atoms with Crippen LogP contribution in [0.25, 0.3) is 0 Å². The van der Waals surface area contributed by atoms with Crippen LogP contribution >= 0.6 is 7.26 Å². The molecule has 0 unspecified atom stereocenters. The molecule has 1 N–H and O–H groups in total. The molecule has 3 rings (SSSR count). The largest absolute Gasteiger partial charge is 0.497 e. The number of nitrogens with one attached hydrogen (secondary N) is 1. The molecule has 1 heterocycles. The number of rotatable bonds is 5. The van der Waals surface area contributed by atoms with E-state index in [1.165, 1.54) is 50.6 Å². The van der Waals surface area contributed by atoms with E-state index in [4.69, 9.17) is 4.74 Å². The molecular formula is C22H35NO2PY+. The van der Waals surface area contributed by atoms with Gasteiger partial charge in [0.05, 0.1) is 25.6 Å². The molecule has 1 aromatic rings. The first-order valence-electron chi connectivity index (χ1n) is 10.3. The normalized spacial score (nSPS) is 20.6. The standard InChI is InChI=1S/C22H34NO2P.Y/c1-5-26(13-8-6-7-9-14-26)22(11-10-12-22)21(24)23-20-17(2)15-19(25-4)16-18(20)3;/h15-16H,5-14H2,1-4H3;/p+1. The molecular weight excluding hydrogens is 430 g/mol. The maximum absolute atomic E-state index is 13.6. The van der Waals surface area contributed by atoms with E-state index in [0.29, 0.717) is 5.91 Å². The maximum atomic E-state index is 13.6. The van der Waals surface area contributed by atoms with Gasteiger partial charge in [-0.15, -0.1) is 0 Å². The van der Waals surface area contributed by atoms with E-state index in [9.17, 15) is 4.79 Å². The molecule has 27 heavy (non-hydrogen) atoms. The van der Waals surface area contributed by atoms with Gasteiger partial charge in [0.25, 0.3) is 5.91 Å². The molecule has 1 radical (unpaired) electrons.